The van der Waals surface area contributed by atoms with Crippen LogP contribution in [0.3, 0.4) is 0 Å². The van der Waals surface area contributed by atoms with Crippen LogP contribution in [-0.2, 0) is 0 Å². The molecule has 0 bridgehead atoms. The second-order valence-electron chi connectivity index (χ2n) is 2.66. The highest BCUT2D eigenvalue weighted by atomic mass is 15.2. The second-order valence-corrected chi connectivity index (χ2v) is 2.66. The summed E-state index contributed by atoms with van der Waals surface area (Å²) in [4.78, 5) is 2.23. The Balaban J connectivity index is 2.23. The van der Waals surface area contributed by atoms with E-state index in [-0.39, 0.29) is 6.17 Å². The summed E-state index contributed by atoms with van der Waals surface area (Å²) >= 11 is 0. The molecule has 1 aliphatic rings. The summed E-state index contributed by atoms with van der Waals surface area (Å²) in [6.07, 6.45) is 3.97. The van der Waals surface area contributed by atoms with Gasteiger partial charge in [-0.15, -0.1) is 0 Å². The van der Waals surface area contributed by atoms with Crippen LogP contribution in [0.4, 0.5) is 0 Å². The highest BCUT2D eigenvalue weighted by Crippen LogP contribution is 2.08. The Morgan fingerprint density at radius 1 is 1.22 bits per heavy atom. The number of hydrogen-bond donors (Lipinski definition) is 1. The van der Waals surface area contributed by atoms with Gasteiger partial charge in [0.2, 0.25) is 0 Å². The molecule has 1 saturated heterocycles. The molecule has 1 heterocycles. The third-order valence-electron chi connectivity index (χ3n) is 1.86. The van der Waals surface area contributed by atoms with Crippen molar-refractivity contribution >= 4 is 0 Å². The van der Waals surface area contributed by atoms with Crippen LogP contribution in [0.25, 0.3) is 0 Å². The Hall–Kier alpha value is -0.0800. The van der Waals surface area contributed by atoms with Crippen LogP contribution in [0.2, 0.25) is 0 Å². The predicted octanol–water partition coefficient (Wildman–Crippen LogP) is 0.591. The molecule has 0 aromatic heterocycles. The molecule has 0 aromatic carbocycles. The Morgan fingerprint density at radius 2 is 1.78 bits per heavy atom. The van der Waals surface area contributed by atoms with Crippen LogP contribution < -0.4 is 5.73 Å². The molecule has 0 unspecified atom stereocenters. The minimum atomic E-state index is 0.0188. The minimum absolute atomic E-state index is 0.0188. The first-order chi connectivity index (χ1) is 4.30. The lowest BCUT2D eigenvalue weighted by molar-refractivity contribution is 0.192. The number of nitrogens with two attached hydrogens (primary N) is 1. The highest BCUT2D eigenvalue weighted by Gasteiger charge is 2.12. The maximum Gasteiger partial charge on any atom is 0.0572 e. The van der Waals surface area contributed by atoms with Crippen molar-refractivity contribution in [2.75, 3.05) is 13.1 Å². The maximum atomic E-state index is 5.58. The molecule has 2 N–H and O–H groups in total. The fourth-order valence-corrected chi connectivity index (χ4v) is 1.25. The van der Waals surface area contributed by atoms with Gasteiger partial charge in [-0.3, -0.25) is 4.90 Å². The molecule has 1 fully saturated rings. The lowest BCUT2D eigenvalue weighted by Crippen LogP contribution is -2.42. The summed E-state index contributed by atoms with van der Waals surface area (Å²) in [5.41, 5.74) is 5.58. The molecule has 0 saturated carbocycles. The molecule has 1 aliphatic heterocycles. The summed E-state index contributed by atoms with van der Waals surface area (Å²) < 4.78 is 0. The predicted molar refractivity (Wildman–Crippen MR) is 38.8 cm³/mol. The summed E-state index contributed by atoms with van der Waals surface area (Å²) in [7, 11) is 0. The fraction of sp³-hybridized carbons (Fsp3) is 0.857. The van der Waals surface area contributed by atoms with Crippen LogP contribution in [0.5, 0.6) is 0 Å². The summed E-state index contributed by atoms with van der Waals surface area (Å²) in [5.74, 6) is 0. The van der Waals surface area contributed by atoms with Crippen molar-refractivity contribution in [3.05, 3.63) is 6.92 Å². The normalized spacial score (nSPS) is 26.0. The second kappa shape index (κ2) is 3.18. The molecule has 2 nitrogen and oxygen atoms in total. The summed E-state index contributed by atoms with van der Waals surface area (Å²) in [6.45, 7) is 6.05. The first kappa shape index (κ1) is 7.03. The molecular formula is C7H15N2. The molecule has 0 spiro atoms. The van der Waals surface area contributed by atoms with Crippen LogP contribution in [0, 0.1) is 6.92 Å². The van der Waals surface area contributed by atoms with Gasteiger partial charge < -0.3 is 5.73 Å². The van der Waals surface area contributed by atoms with E-state index in [0.717, 1.165) is 13.1 Å². The van der Waals surface area contributed by atoms with E-state index in [1.54, 1.807) is 0 Å². The lowest BCUT2D eigenvalue weighted by Gasteiger charge is -2.29. The van der Waals surface area contributed by atoms with Gasteiger partial charge in [0.1, 0.15) is 0 Å². The van der Waals surface area contributed by atoms with E-state index in [2.05, 4.69) is 11.8 Å². The SMILES string of the molecule is [CH2][C@@H](N)N1CCCCC1. The van der Waals surface area contributed by atoms with E-state index in [1.807, 2.05) is 0 Å². The zero-order valence-corrected chi connectivity index (χ0v) is 5.84. The van der Waals surface area contributed by atoms with Gasteiger partial charge in [-0.05, 0) is 32.9 Å². The molecule has 0 amide bonds. The highest BCUT2D eigenvalue weighted by molar-refractivity contribution is 4.70. The summed E-state index contributed by atoms with van der Waals surface area (Å²) in [5, 5.41) is 0. The van der Waals surface area contributed by atoms with Gasteiger partial charge in [-0.25, -0.2) is 0 Å². The molecule has 0 aromatic rings. The molecule has 53 valence electrons. The van der Waals surface area contributed by atoms with E-state index < -0.39 is 0 Å². The number of likely N-dealkylation sites (tertiary alicyclic amines) is 1. The largest absolute Gasteiger partial charge is 0.316 e. The molecule has 2 heteroatoms. The van der Waals surface area contributed by atoms with Crippen molar-refractivity contribution in [1.82, 2.24) is 4.90 Å². The Kier molecular flexibility index (Phi) is 2.49. The first-order valence-corrected chi connectivity index (χ1v) is 3.63. The monoisotopic (exact) mass is 127 g/mol. The lowest BCUT2D eigenvalue weighted by atomic mass is 10.1. The average molecular weight is 127 g/mol. The van der Waals surface area contributed by atoms with E-state index in [9.17, 15) is 0 Å². The van der Waals surface area contributed by atoms with Crippen LogP contribution in [-0.4, -0.2) is 24.2 Å². The minimum Gasteiger partial charge on any atom is -0.316 e. The average Bonchev–Trinajstić information content (AvgIpc) is 1.90. The van der Waals surface area contributed by atoms with Crippen LogP contribution in [0.15, 0.2) is 0 Å². The smallest absolute Gasteiger partial charge is 0.0572 e. The topological polar surface area (TPSA) is 29.3 Å². The van der Waals surface area contributed by atoms with E-state index in [1.165, 1.54) is 19.3 Å². The van der Waals surface area contributed by atoms with E-state index >= 15 is 0 Å². The van der Waals surface area contributed by atoms with E-state index in [4.69, 9.17) is 5.73 Å². The zero-order valence-electron chi connectivity index (χ0n) is 5.84. The van der Waals surface area contributed by atoms with Crippen molar-refractivity contribution in [2.24, 2.45) is 5.73 Å². The van der Waals surface area contributed by atoms with Gasteiger partial charge in [-0.2, -0.15) is 0 Å². The van der Waals surface area contributed by atoms with Gasteiger partial charge in [0.25, 0.3) is 0 Å². The van der Waals surface area contributed by atoms with Crippen molar-refractivity contribution < 1.29 is 0 Å². The van der Waals surface area contributed by atoms with Crippen LogP contribution >= 0.6 is 0 Å². The Morgan fingerprint density at radius 3 is 2.11 bits per heavy atom. The van der Waals surface area contributed by atoms with Gasteiger partial charge >= 0.3 is 0 Å². The molecule has 1 atom stereocenters. The Bertz CT molecular complexity index is 75.0. The number of nitrogens with zero attached hydrogens (tertiary/aromatic N) is 1. The maximum absolute atomic E-state index is 5.58. The molecular weight excluding hydrogens is 112 g/mol. The third kappa shape index (κ3) is 1.95. The molecule has 9 heavy (non-hydrogen) atoms. The number of piperidine rings is 1. The molecule has 0 aliphatic carbocycles. The zero-order chi connectivity index (χ0) is 6.69. The molecule has 1 rings (SSSR count). The van der Waals surface area contributed by atoms with Gasteiger partial charge in [0, 0.05) is 0 Å². The first-order valence-electron chi connectivity index (χ1n) is 3.63. The fourth-order valence-electron chi connectivity index (χ4n) is 1.25. The van der Waals surface area contributed by atoms with Crippen molar-refractivity contribution in [3.63, 3.8) is 0 Å². The quantitative estimate of drug-likeness (QED) is 0.558. The third-order valence-corrected chi connectivity index (χ3v) is 1.86. The standard InChI is InChI=1S/C7H15N2/c1-7(8)9-5-3-2-4-6-9/h7H,1-6,8H2/t7-/m0/s1. The van der Waals surface area contributed by atoms with Gasteiger partial charge in [-0.1, -0.05) is 6.42 Å². The van der Waals surface area contributed by atoms with Gasteiger partial charge in [0.15, 0.2) is 0 Å². The van der Waals surface area contributed by atoms with Crippen molar-refractivity contribution in [1.29, 1.82) is 0 Å². The van der Waals surface area contributed by atoms with Crippen molar-refractivity contribution in [2.45, 2.75) is 25.4 Å². The van der Waals surface area contributed by atoms with Gasteiger partial charge in [0.05, 0.1) is 6.17 Å². The summed E-state index contributed by atoms with van der Waals surface area (Å²) in [6, 6.07) is 0. The van der Waals surface area contributed by atoms with E-state index in [0.29, 0.717) is 0 Å². The number of hydrogen-bond acceptors (Lipinski definition) is 2. The molecule has 1 radical (unpaired) electrons. The van der Waals surface area contributed by atoms with Crippen LogP contribution in [0.1, 0.15) is 19.3 Å². The Labute approximate surface area is 57.0 Å². The number of rotatable bonds is 1. The van der Waals surface area contributed by atoms with Crippen molar-refractivity contribution in [3.8, 4) is 0 Å².